The maximum absolute atomic E-state index is 12.6. The van der Waals surface area contributed by atoms with Gasteiger partial charge in [-0.25, -0.2) is 13.1 Å². The molecule has 0 aliphatic carbocycles. The molecule has 1 N–H and O–H groups in total. The molecule has 2 aromatic rings. The SMILES string of the molecule is CCCCOc1ccc(S(=O)(=O)N[C@@H](C)c2nnc(OC)n2CC)cc1. The summed E-state index contributed by atoms with van der Waals surface area (Å²) in [6, 6.07) is 6.17. The number of rotatable bonds is 10. The third-order valence-corrected chi connectivity index (χ3v) is 5.42. The van der Waals surface area contributed by atoms with Gasteiger partial charge in [0.05, 0.1) is 24.7 Å². The number of hydrogen-bond acceptors (Lipinski definition) is 6. The highest BCUT2D eigenvalue weighted by atomic mass is 32.2. The molecule has 144 valence electrons. The Hall–Kier alpha value is -2.13. The summed E-state index contributed by atoms with van der Waals surface area (Å²) >= 11 is 0. The summed E-state index contributed by atoms with van der Waals surface area (Å²) < 4.78 is 40.3. The van der Waals surface area contributed by atoms with Crippen LogP contribution in [0.2, 0.25) is 0 Å². The molecule has 0 aliphatic heterocycles. The van der Waals surface area contributed by atoms with Gasteiger partial charge in [-0.05, 0) is 44.5 Å². The first kappa shape index (κ1) is 20.2. The fraction of sp³-hybridized carbons (Fsp3) is 0.529. The second-order valence-corrected chi connectivity index (χ2v) is 7.52. The second-order valence-electron chi connectivity index (χ2n) is 5.81. The molecule has 0 unspecified atom stereocenters. The lowest BCUT2D eigenvalue weighted by atomic mass is 10.3. The number of nitrogens with one attached hydrogen (secondary N) is 1. The average Bonchev–Trinajstić information content (AvgIpc) is 3.05. The van der Waals surface area contributed by atoms with E-state index < -0.39 is 16.1 Å². The first-order chi connectivity index (χ1) is 12.4. The van der Waals surface area contributed by atoms with E-state index in [1.807, 2.05) is 6.92 Å². The molecule has 1 aromatic carbocycles. The minimum Gasteiger partial charge on any atom is -0.494 e. The number of nitrogens with zero attached hydrogens (tertiary/aromatic N) is 3. The smallest absolute Gasteiger partial charge is 0.316 e. The lowest BCUT2D eigenvalue weighted by molar-refractivity contribution is 0.309. The molecule has 0 fully saturated rings. The van der Waals surface area contributed by atoms with Gasteiger partial charge in [0.1, 0.15) is 5.75 Å². The van der Waals surface area contributed by atoms with Crippen molar-refractivity contribution in [1.29, 1.82) is 0 Å². The Balaban J connectivity index is 2.11. The van der Waals surface area contributed by atoms with Crippen LogP contribution in [0, 0.1) is 0 Å². The number of aromatic nitrogens is 3. The summed E-state index contributed by atoms with van der Waals surface area (Å²) in [5.41, 5.74) is 0. The van der Waals surface area contributed by atoms with Crippen molar-refractivity contribution < 1.29 is 17.9 Å². The Morgan fingerprint density at radius 3 is 2.46 bits per heavy atom. The quantitative estimate of drug-likeness (QED) is 0.635. The molecule has 0 radical (unpaired) electrons. The topological polar surface area (TPSA) is 95.3 Å². The Labute approximate surface area is 154 Å². The van der Waals surface area contributed by atoms with Crippen molar-refractivity contribution in [1.82, 2.24) is 19.5 Å². The molecule has 1 atom stereocenters. The molecule has 0 saturated heterocycles. The van der Waals surface area contributed by atoms with Crippen LogP contribution in [-0.2, 0) is 16.6 Å². The summed E-state index contributed by atoms with van der Waals surface area (Å²) in [7, 11) is -2.20. The van der Waals surface area contributed by atoms with Crippen LogP contribution in [0.1, 0.15) is 45.5 Å². The van der Waals surface area contributed by atoms with Crippen LogP contribution in [0.25, 0.3) is 0 Å². The van der Waals surface area contributed by atoms with Gasteiger partial charge < -0.3 is 9.47 Å². The fourth-order valence-electron chi connectivity index (χ4n) is 2.47. The van der Waals surface area contributed by atoms with Gasteiger partial charge in [0.25, 0.3) is 0 Å². The van der Waals surface area contributed by atoms with E-state index in [1.54, 1.807) is 23.6 Å². The third-order valence-electron chi connectivity index (χ3n) is 3.86. The van der Waals surface area contributed by atoms with Crippen molar-refractivity contribution >= 4 is 10.0 Å². The lowest BCUT2D eigenvalue weighted by Crippen LogP contribution is -2.29. The van der Waals surface area contributed by atoms with Crippen molar-refractivity contribution in [3.8, 4) is 11.8 Å². The largest absolute Gasteiger partial charge is 0.494 e. The number of ether oxygens (including phenoxy) is 2. The highest BCUT2D eigenvalue weighted by Crippen LogP contribution is 2.21. The van der Waals surface area contributed by atoms with Crippen LogP contribution in [0.3, 0.4) is 0 Å². The van der Waals surface area contributed by atoms with Crippen LogP contribution in [0.15, 0.2) is 29.2 Å². The Morgan fingerprint density at radius 2 is 1.88 bits per heavy atom. The molecule has 26 heavy (non-hydrogen) atoms. The molecule has 0 aliphatic rings. The van der Waals surface area contributed by atoms with E-state index in [2.05, 4.69) is 21.8 Å². The second kappa shape index (κ2) is 9.00. The highest BCUT2D eigenvalue weighted by Gasteiger charge is 2.23. The number of benzene rings is 1. The van der Waals surface area contributed by atoms with Crippen LogP contribution in [0.4, 0.5) is 0 Å². The van der Waals surface area contributed by atoms with E-state index in [0.29, 0.717) is 30.7 Å². The predicted molar refractivity (Wildman–Crippen MR) is 97.8 cm³/mol. The van der Waals surface area contributed by atoms with Crippen molar-refractivity contribution in [2.45, 2.75) is 51.1 Å². The van der Waals surface area contributed by atoms with Crippen LogP contribution < -0.4 is 14.2 Å². The number of unbranched alkanes of at least 4 members (excludes halogenated alkanes) is 1. The molecule has 8 nitrogen and oxygen atoms in total. The summed E-state index contributed by atoms with van der Waals surface area (Å²) in [4.78, 5) is 0.168. The summed E-state index contributed by atoms with van der Waals surface area (Å²) in [5.74, 6) is 1.15. The van der Waals surface area contributed by atoms with E-state index in [4.69, 9.17) is 9.47 Å². The van der Waals surface area contributed by atoms with E-state index in [0.717, 1.165) is 12.8 Å². The first-order valence-electron chi connectivity index (χ1n) is 8.65. The molecule has 0 saturated carbocycles. The maximum atomic E-state index is 12.6. The minimum atomic E-state index is -3.70. The van der Waals surface area contributed by atoms with Gasteiger partial charge >= 0.3 is 6.01 Å². The van der Waals surface area contributed by atoms with Gasteiger partial charge in [0, 0.05) is 6.54 Å². The van der Waals surface area contributed by atoms with Gasteiger partial charge in [-0.15, -0.1) is 5.10 Å². The average molecular weight is 382 g/mol. The molecular formula is C17H26N4O4S. The zero-order valence-electron chi connectivity index (χ0n) is 15.6. The van der Waals surface area contributed by atoms with E-state index in [9.17, 15) is 8.42 Å². The third kappa shape index (κ3) is 4.73. The van der Waals surface area contributed by atoms with Crippen molar-refractivity contribution in [2.75, 3.05) is 13.7 Å². The molecular weight excluding hydrogens is 356 g/mol. The normalized spacial score (nSPS) is 12.8. The molecule has 0 bridgehead atoms. The number of methoxy groups -OCH3 is 1. The Morgan fingerprint density at radius 1 is 1.19 bits per heavy atom. The molecule has 2 rings (SSSR count). The monoisotopic (exact) mass is 382 g/mol. The zero-order valence-corrected chi connectivity index (χ0v) is 16.4. The first-order valence-corrected chi connectivity index (χ1v) is 10.1. The maximum Gasteiger partial charge on any atom is 0.316 e. The Kier molecular flexibility index (Phi) is 6.98. The van der Waals surface area contributed by atoms with Gasteiger partial charge in [0.15, 0.2) is 5.82 Å². The zero-order chi connectivity index (χ0) is 19.2. The lowest BCUT2D eigenvalue weighted by Gasteiger charge is -2.15. The molecule has 1 aromatic heterocycles. The van der Waals surface area contributed by atoms with Crippen LogP contribution in [-0.4, -0.2) is 36.9 Å². The van der Waals surface area contributed by atoms with Crippen LogP contribution in [0.5, 0.6) is 11.8 Å². The van der Waals surface area contributed by atoms with Gasteiger partial charge in [0.2, 0.25) is 10.0 Å². The van der Waals surface area contributed by atoms with Gasteiger partial charge in [-0.1, -0.05) is 18.4 Å². The Bertz CT molecular complexity index is 803. The standard InChI is InChI=1S/C17H26N4O4S/c1-5-7-12-25-14-8-10-15(11-9-14)26(22,23)20-13(3)16-18-19-17(24-4)21(16)6-2/h8-11,13,20H,5-7,12H2,1-4H3/t13-/m0/s1. The van der Waals surface area contributed by atoms with Gasteiger partial charge in [-0.2, -0.15) is 0 Å². The van der Waals surface area contributed by atoms with Crippen molar-refractivity contribution in [3.63, 3.8) is 0 Å². The summed E-state index contributed by atoms with van der Waals surface area (Å²) in [5, 5.41) is 7.95. The van der Waals surface area contributed by atoms with Crippen molar-refractivity contribution in [3.05, 3.63) is 30.1 Å². The van der Waals surface area contributed by atoms with Gasteiger partial charge in [-0.3, -0.25) is 4.57 Å². The van der Waals surface area contributed by atoms with Crippen molar-refractivity contribution in [2.24, 2.45) is 0 Å². The van der Waals surface area contributed by atoms with E-state index in [1.165, 1.54) is 19.2 Å². The number of sulfonamides is 1. The predicted octanol–water partition coefficient (Wildman–Crippen LogP) is 2.53. The number of hydrogen-bond donors (Lipinski definition) is 1. The fourth-order valence-corrected chi connectivity index (χ4v) is 3.67. The summed E-state index contributed by atoms with van der Waals surface area (Å²) in [6.07, 6.45) is 2.00. The van der Waals surface area contributed by atoms with E-state index in [-0.39, 0.29) is 4.90 Å². The minimum absolute atomic E-state index is 0.168. The molecule has 9 heteroatoms. The molecule has 1 heterocycles. The summed E-state index contributed by atoms with van der Waals surface area (Å²) in [6.45, 7) is 6.90. The van der Waals surface area contributed by atoms with Crippen LogP contribution >= 0.6 is 0 Å². The highest BCUT2D eigenvalue weighted by molar-refractivity contribution is 7.89. The van der Waals surface area contributed by atoms with E-state index >= 15 is 0 Å². The molecule has 0 amide bonds. The molecule has 0 spiro atoms.